The van der Waals surface area contributed by atoms with E-state index in [1.807, 2.05) is 54.6 Å². The first-order valence-corrected chi connectivity index (χ1v) is 16.2. The Kier molecular flexibility index (Phi) is 21.1. The molecule has 47 heavy (non-hydrogen) atoms. The van der Waals surface area contributed by atoms with Crippen molar-refractivity contribution in [2.45, 2.75) is 5.60 Å². The molecule has 0 aliphatic rings. The molecule has 0 atom stereocenters. The van der Waals surface area contributed by atoms with E-state index in [0.717, 1.165) is 16.7 Å². The predicted octanol–water partition coefficient (Wildman–Crippen LogP) is 4.76. The number of rotatable bonds is 29. The summed E-state index contributed by atoms with van der Waals surface area (Å²) in [6, 6.07) is 31.0. The van der Waals surface area contributed by atoms with Crippen LogP contribution in [0.15, 0.2) is 91.0 Å². The molecule has 0 aromatic heterocycles. The summed E-state index contributed by atoms with van der Waals surface area (Å²) in [7, 11) is 0. The molecule has 0 N–H and O–H groups in total. The summed E-state index contributed by atoms with van der Waals surface area (Å²) in [5, 5.41) is 0. The first-order valence-electron chi connectivity index (χ1n) is 16.2. The third-order valence-electron chi connectivity index (χ3n) is 6.88. The predicted molar refractivity (Wildman–Crippen MR) is 181 cm³/mol. The molecule has 0 aliphatic heterocycles. The van der Waals surface area contributed by atoms with Crippen LogP contribution in [0, 0.1) is 12.3 Å². The van der Waals surface area contributed by atoms with E-state index in [-0.39, 0.29) is 0 Å². The molecule has 0 aliphatic carbocycles. The topological polar surface area (TPSA) is 83.1 Å². The maximum Gasteiger partial charge on any atom is 0.143 e. The number of hydrogen-bond acceptors (Lipinski definition) is 9. The maximum atomic E-state index is 6.72. The Balaban J connectivity index is 1.16. The molecule has 3 aromatic carbocycles. The molecule has 9 heteroatoms. The van der Waals surface area contributed by atoms with Crippen molar-refractivity contribution in [2.75, 3.05) is 112 Å². The van der Waals surface area contributed by atoms with Gasteiger partial charge in [0.2, 0.25) is 0 Å². The zero-order chi connectivity index (χ0) is 32.9. The molecule has 9 nitrogen and oxygen atoms in total. The highest BCUT2D eigenvalue weighted by atomic mass is 16.6. The van der Waals surface area contributed by atoms with Crippen LogP contribution in [-0.2, 0) is 48.2 Å². The van der Waals surface area contributed by atoms with Gasteiger partial charge < -0.3 is 42.6 Å². The van der Waals surface area contributed by atoms with E-state index < -0.39 is 5.60 Å². The van der Waals surface area contributed by atoms with Gasteiger partial charge in [0.05, 0.1) is 106 Å². The number of benzene rings is 3. The van der Waals surface area contributed by atoms with Gasteiger partial charge in [-0.15, -0.1) is 6.42 Å². The van der Waals surface area contributed by atoms with Crippen molar-refractivity contribution in [3.63, 3.8) is 0 Å². The number of terminal acetylenes is 1. The lowest BCUT2D eigenvalue weighted by atomic mass is 9.80. The molecule has 0 saturated heterocycles. The van der Waals surface area contributed by atoms with E-state index in [1.165, 1.54) is 0 Å². The number of ether oxygens (including phenoxy) is 9. The van der Waals surface area contributed by atoms with Gasteiger partial charge in [0.15, 0.2) is 0 Å². The van der Waals surface area contributed by atoms with E-state index in [4.69, 9.17) is 49.1 Å². The second kappa shape index (κ2) is 25.9. The van der Waals surface area contributed by atoms with Crippen molar-refractivity contribution in [2.24, 2.45) is 0 Å². The van der Waals surface area contributed by atoms with Gasteiger partial charge in [-0.25, -0.2) is 0 Å². The quantitative estimate of drug-likeness (QED) is 0.0600. The Morgan fingerprint density at radius 2 is 0.617 bits per heavy atom. The fourth-order valence-electron chi connectivity index (χ4n) is 4.69. The van der Waals surface area contributed by atoms with E-state index in [9.17, 15) is 0 Å². The summed E-state index contributed by atoms with van der Waals surface area (Å²) in [5.74, 6) is 2.40. The van der Waals surface area contributed by atoms with Gasteiger partial charge in [0.1, 0.15) is 12.2 Å². The Morgan fingerprint density at radius 3 is 0.894 bits per heavy atom. The molecular formula is C38H50O9. The second-order valence-electron chi connectivity index (χ2n) is 10.2. The summed E-state index contributed by atoms with van der Waals surface area (Å²) < 4.78 is 50.6. The fourth-order valence-corrected chi connectivity index (χ4v) is 4.69. The number of hydrogen-bond donors (Lipinski definition) is 0. The van der Waals surface area contributed by atoms with Crippen molar-refractivity contribution in [1.29, 1.82) is 0 Å². The third-order valence-corrected chi connectivity index (χ3v) is 6.88. The van der Waals surface area contributed by atoms with Crippen LogP contribution < -0.4 is 0 Å². The SMILES string of the molecule is C#CCOCCOCCOCCOCCOCCOCCOCCOCCOC(c1ccccc1)(c1ccccc1)c1ccccc1. The first kappa shape index (κ1) is 38.3. The molecule has 0 heterocycles. The van der Waals surface area contributed by atoms with Gasteiger partial charge in [-0.05, 0) is 16.7 Å². The van der Waals surface area contributed by atoms with E-state index in [1.54, 1.807) is 0 Å². The molecule has 0 unspecified atom stereocenters. The lowest BCUT2D eigenvalue weighted by Gasteiger charge is -2.36. The highest BCUT2D eigenvalue weighted by Gasteiger charge is 2.37. The van der Waals surface area contributed by atoms with Crippen LogP contribution in [0.5, 0.6) is 0 Å². The summed E-state index contributed by atoms with van der Waals surface area (Å²) in [5.41, 5.74) is 2.46. The maximum absolute atomic E-state index is 6.72. The van der Waals surface area contributed by atoms with Crippen LogP contribution in [0.3, 0.4) is 0 Å². The van der Waals surface area contributed by atoms with Gasteiger partial charge in [0, 0.05) is 0 Å². The van der Waals surface area contributed by atoms with Crippen molar-refractivity contribution in [1.82, 2.24) is 0 Å². The monoisotopic (exact) mass is 650 g/mol. The van der Waals surface area contributed by atoms with Crippen LogP contribution in [-0.4, -0.2) is 112 Å². The molecular weight excluding hydrogens is 600 g/mol. The molecule has 0 amide bonds. The van der Waals surface area contributed by atoms with Crippen LogP contribution in [0.25, 0.3) is 0 Å². The summed E-state index contributed by atoms with van der Waals surface area (Å²) >= 11 is 0. The normalized spacial score (nSPS) is 11.5. The van der Waals surface area contributed by atoms with Crippen molar-refractivity contribution in [3.05, 3.63) is 108 Å². The smallest absolute Gasteiger partial charge is 0.143 e. The average Bonchev–Trinajstić information content (AvgIpc) is 3.12. The third kappa shape index (κ3) is 15.5. The highest BCUT2D eigenvalue weighted by Crippen LogP contribution is 2.40. The van der Waals surface area contributed by atoms with Crippen molar-refractivity contribution >= 4 is 0 Å². The summed E-state index contributed by atoms with van der Waals surface area (Å²) in [6.07, 6.45) is 5.09. The Hall–Kier alpha value is -3.14. The molecule has 0 radical (unpaired) electrons. The summed E-state index contributed by atoms with van der Waals surface area (Å²) in [6.45, 7) is 8.17. The Bertz CT molecular complexity index is 1080. The molecule has 3 rings (SSSR count). The van der Waals surface area contributed by atoms with E-state index in [0.29, 0.717) is 112 Å². The largest absolute Gasteiger partial charge is 0.377 e. The Morgan fingerprint density at radius 1 is 0.362 bits per heavy atom. The molecule has 0 spiro atoms. The van der Waals surface area contributed by atoms with Crippen LogP contribution in [0.2, 0.25) is 0 Å². The summed E-state index contributed by atoms with van der Waals surface area (Å²) in [4.78, 5) is 0. The zero-order valence-corrected chi connectivity index (χ0v) is 27.4. The molecule has 0 saturated carbocycles. The fraction of sp³-hybridized carbons (Fsp3) is 0.474. The van der Waals surface area contributed by atoms with Gasteiger partial charge in [-0.2, -0.15) is 0 Å². The lowest BCUT2D eigenvalue weighted by molar-refractivity contribution is -0.0398. The lowest BCUT2D eigenvalue weighted by Crippen LogP contribution is -2.34. The zero-order valence-electron chi connectivity index (χ0n) is 27.4. The van der Waals surface area contributed by atoms with Gasteiger partial charge >= 0.3 is 0 Å². The van der Waals surface area contributed by atoms with Gasteiger partial charge in [0.25, 0.3) is 0 Å². The average molecular weight is 651 g/mol. The van der Waals surface area contributed by atoms with Crippen molar-refractivity contribution in [3.8, 4) is 12.3 Å². The molecule has 0 bridgehead atoms. The minimum atomic E-state index is -0.747. The highest BCUT2D eigenvalue weighted by molar-refractivity contribution is 5.47. The van der Waals surface area contributed by atoms with Crippen LogP contribution in [0.1, 0.15) is 16.7 Å². The van der Waals surface area contributed by atoms with Crippen molar-refractivity contribution < 1.29 is 42.6 Å². The van der Waals surface area contributed by atoms with Crippen LogP contribution >= 0.6 is 0 Å². The van der Waals surface area contributed by atoms with Crippen LogP contribution in [0.4, 0.5) is 0 Å². The minimum absolute atomic E-state index is 0.307. The Labute approximate surface area is 280 Å². The second-order valence-corrected chi connectivity index (χ2v) is 10.2. The van der Waals surface area contributed by atoms with E-state index in [2.05, 4.69) is 42.3 Å². The van der Waals surface area contributed by atoms with E-state index >= 15 is 0 Å². The molecule has 3 aromatic rings. The molecule has 0 fully saturated rings. The van der Waals surface area contributed by atoms with Gasteiger partial charge in [-0.3, -0.25) is 0 Å². The minimum Gasteiger partial charge on any atom is -0.377 e. The standard InChI is InChI=1S/C38H50O9/c1-2-18-39-19-20-40-21-22-41-23-24-42-25-26-43-27-28-44-29-30-45-31-32-46-33-34-47-38(35-12-6-3-7-13-35,36-14-8-4-9-15-36)37-16-10-5-11-17-37/h1,3-17H,18-34H2. The van der Waals surface area contributed by atoms with Gasteiger partial charge in [-0.1, -0.05) is 96.9 Å². The molecule has 256 valence electrons. The first-order chi connectivity index (χ1) is 23.4.